The largest absolute Gasteiger partial charge is 0.475 e. The van der Waals surface area contributed by atoms with Gasteiger partial charge in [0.1, 0.15) is 5.52 Å². The first kappa shape index (κ1) is 13.7. The van der Waals surface area contributed by atoms with Crippen molar-refractivity contribution in [2.45, 2.75) is 0 Å². The number of fused-ring (bicyclic) bond motifs is 1. The Morgan fingerprint density at radius 1 is 1.32 bits per heavy atom. The molecular formula is C10H5N5O6S. The maximum Gasteiger partial charge on any atom is 0.432 e. The number of hydrogen-bond acceptors (Lipinski definition) is 8. The van der Waals surface area contributed by atoms with E-state index < -0.39 is 23.7 Å². The summed E-state index contributed by atoms with van der Waals surface area (Å²) < 4.78 is 9.03. The number of carboxylic acid groups (broad SMARTS) is 2. The Bertz CT molecular complexity index is 895. The molecule has 0 bridgehead atoms. The van der Waals surface area contributed by atoms with Gasteiger partial charge in [0.25, 0.3) is 5.91 Å². The van der Waals surface area contributed by atoms with Crippen molar-refractivity contribution >= 4 is 46.4 Å². The fourth-order valence-electron chi connectivity index (χ4n) is 1.68. The first-order valence-corrected chi connectivity index (χ1v) is 6.38. The fourth-order valence-corrected chi connectivity index (χ4v) is 2.11. The van der Waals surface area contributed by atoms with Crippen molar-refractivity contribution in [3.05, 3.63) is 22.9 Å². The summed E-state index contributed by atoms with van der Waals surface area (Å²) in [7, 11) is 0. The van der Waals surface area contributed by atoms with Gasteiger partial charge in [0.05, 0.1) is 0 Å². The highest BCUT2D eigenvalue weighted by atomic mass is 32.1. The van der Waals surface area contributed by atoms with Crippen LogP contribution < -0.4 is 5.32 Å². The van der Waals surface area contributed by atoms with Gasteiger partial charge in [0.15, 0.2) is 17.1 Å². The predicted molar refractivity (Wildman–Crippen MR) is 70.2 cm³/mol. The highest BCUT2D eigenvalue weighted by molar-refractivity contribution is 7.03. The summed E-state index contributed by atoms with van der Waals surface area (Å²) >= 11 is 0.957. The number of nitrogens with zero attached hydrogens (tertiary/aromatic N) is 4. The molecule has 0 saturated heterocycles. The van der Waals surface area contributed by atoms with E-state index in [0.717, 1.165) is 17.6 Å². The summed E-state index contributed by atoms with van der Waals surface area (Å²) in [6.45, 7) is 0. The van der Waals surface area contributed by atoms with Crippen LogP contribution in [0.5, 0.6) is 0 Å². The smallest absolute Gasteiger partial charge is 0.432 e. The number of furan rings is 1. The zero-order valence-corrected chi connectivity index (χ0v) is 11.2. The summed E-state index contributed by atoms with van der Waals surface area (Å²) in [6, 6.07) is 0.999. The molecule has 1 amide bonds. The molecule has 3 rings (SSSR count). The lowest BCUT2D eigenvalue weighted by molar-refractivity contribution is 0.0665. The number of rotatable bonds is 3. The number of carbonyl (C=O) groups is 3. The van der Waals surface area contributed by atoms with Gasteiger partial charge in [-0.2, -0.15) is 4.68 Å². The quantitative estimate of drug-likeness (QED) is 0.637. The summed E-state index contributed by atoms with van der Waals surface area (Å²) in [5.41, 5.74) is -0.263. The van der Waals surface area contributed by atoms with E-state index in [2.05, 4.69) is 20.0 Å². The Morgan fingerprint density at radius 2 is 2.09 bits per heavy atom. The molecule has 22 heavy (non-hydrogen) atoms. The lowest BCUT2D eigenvalue weighted by atomic mass is 10.4. The topological polar surface area (TPSA) is 160 Å². The van der Waals surface area contributed by atoms with Gasteiger partial charge in [0.2, 0.25) is 5.76 Å². The third-order valence-corrected chi connectivity index (χ3v) is 3.08. The van der Waals surface area contributed by atoms with Gasteiger partial charge in [-0.3, -0.25) is 4.79 Å². The van der Waals surface area contributed by atoms with Crippen LogP contribution in [0, 0.1) is 0 Å². The van der Waals surface area contributed by atoms with Crippen LogP contribution in [0.3, 0.4) is 0 Å². The zero-order valence-electron chi connectivity index (χ0n) is 10.4. The number of hydrogen-bond donors (Lipinski definition) is 3. The van der Waals surface area contributed by atoms with Crippen LogP contribution >= 0.6 is 11.5 Å². The number of anilines is 1. The second-order valence-electron chi connectivity index (χ2n) is 3.92. The lowest BCUT2D eigenvalue weighted by Crippen LogP contribution is -2.15. The van der Waals surface area contributed by atoms with E-state index in [0.29, 0.717) is 4.68 Å². The molecular weight excluding hydrogens is 318 g/mol. The minimum absolute atomic E-state index is 0.00744. The molecule has 0 unspecified atom stereocenters. The third kappa shape index (κ3) is 2.16. The fraction of sp³-hybridized carbons (Fsp3) is 0. The van der Waals surface area contributed by atoms with Gasteiger partial charge in [-0.25, -0.2) is 9.59 Å². The number of carbonyl (C=O) groups excluding carboxylic acids is 1. The number of nitrogens with one attached hydrogen (secondary N) is 1. The number of carboxylic acids is 1. The number of amides is 1. The molecule has 12 heteroatoms. The van der Waals surface area contributed by atoms with Crippen molar-refractivity contribution < 1.29 is 29.0 Å². The van der Waals surface area contributed by atoms with Crippen molar-refractivity contribution in [1.29, 1.82) is 0 Å². The molecule has 0 atom stereocenters. The van der Waals surface area contributed by atoms with Crippen LogP contribution in [0.1, 0.15) is 21.0 Å². The Kier molecular flexibility index (Phi) is 3.06. The molecule has 112 valence electrons. The Hall–Kier alpha value is -3.28. The molecule has 0 aromatic carbocycles. The molecule has 3 N–H and O–H groups in total. The van der Waals surface area contributed by atoms with Crippen LogP contribution in [0.2, 0.25) is 0 Å². The monoisotopic (exact) mass is 323 g/mol. The van der Waals surface area contributed by atoms with Crippen molar-refractivity contribution in [1.82, 2.24) is 19.4 Å². The minimum Gasteiger partial charge on any atom is -0.475 e. The molecule has 3 heterocycles. The van der Waals surface area contributed by atoms with E-state index >= 15 is 0 Å². The van der Waals surface area contributed by atoms with Crippen molar-refractivity contribution in [2.75, 3.05) is 5.32 Å². The second-order valence-corrected chi connectivity index (χ2v) is 4.53. The highest BCUT2D eigenvalue weighted by Gasteiger charge is 2.24. The molecule has 0 aliphatic rings. The first-order chi connectivity index (χ1) is 10.5. The molecule has 0 radical (unpaired) electrons. The van der Waals surface area contributed by atoms with Gasteiger partial charge in [-0.05, 0) is 11.5 Å². The van der Waals surface area contributed by atoms with Crippen LogP contribution in [0.4, 0.5) is 10.6 Å². The molecule has 11 nitrogen and oxygen atoms in total. The van der Waals surface area contributed by atoms with Crippen LogP contribution in [0.25, 0.3) is 11.1 Å². The maximum atomic E-state index is 11.9. The predicted octanol–water partition coefficient (Wildman–Crippen LogP) is 0.957. The summed E-state index contributed by atoms with van der Waals surface area (Å²) in [5.74, 6) is -2.77. The van der Waals surface area contributed by atoms with E-state index in [1.165, 1.54) is 5.38 Å². The molecule has 3 aromatic heterocycles. The van der Waals surface area contributed by atoms with Gasteiger partial charge < -0.3 is 19.9 Å². The second kappa shape index (κ2) is 4.92. The van der Waals surface area contributed by atoms with Crippen molar-refractivity contribution in [3.8, 4) is 0 Å². The number of aromatic carboxylic acids is 1. The third-order valence-electron chi connectivity index (χ3n) is 2.57. The number of aromatic nitrogens is 4. The highest BCUT2D eigenvalue weighted by Crippen LogP contribution is 2.27. The van der Waals surface area contributed by atoms with Gasteiger partial charge in [-0.1, -0.05) is 4.49 Å². The summed E-state index contributed by atoms with van der Waals surface area (Å²) in [5, 5.41) is 28.8. The summed E-state index contributed by atoms with van der Waals surface area (Å²) in [6.07, 6.45) is -1.46. The van der Waals surface area contributed by atoms with E-state index in [1.807, 2.05) is 0 Å². The van der Waals surface area contributed by atoms with Gasteiger partial charge >= 0.3 is 12.1 Å². The van der Waals surface area contributed by atoms with Crippen molar-refractivity contribution in [2.24, 2.45) is 0 Å². The van der Waals surface area contributed by atoms with Crippen LogP contribution in [-0.4, -0.2) is 47.6 Å². The van der Waals surface area contributed by atoms with Gasteiger partial charge in [-0.15, -0.1) is 10.2 Å². The SMILES string of the molecule is O=C(Nc1nn(C(=O)O)c2cc(C(=O)O)oc12)c1csnn1. The maximum absolute atomic E-state index is 11.9. The Balaban J connectivity index is 2.07. The van der Waals surface area contributed by atoms with Crippen LogP contribution in [0.15, 0.2) is 15.9 Å². The normalized spacial score (nSPS) is 10.7. The lowest BCUT2D eigenvalue weighted by Gasteiger charge is -1.97. The van der Waals surface area contributed by atoms with E-state index in [1.54, 1.807) is 0 Å². The molecule has 0 spiro atoms. The van der Waals surface area contributed by atoms with Crippen molar-refractivity contribution in [3.63, 3.8) is 0 Å². The minimum atomic E-state index is -1.46. The molecule has 0 saturated carbocycles. The molecule has 0 aliphatic heterocycles. The van der Waals surface area contributed by atoms with E-state index in [4.69, 9.17) is 14.6 Å². The van der Waals surface area contributed by atoms with Crippen LogP contribution in [-0.2, 0) is 0 Å². The zero-order chi connectivity index (χ0) is 15.9. The average molecular weight is 323 g/mol. The standard InChI is InChI=1S/C10H5N5O6S/c16-8(3-2-22-14-12-3)11-7-6-4(15(13-7)10(19)20)1-5(21-6)9(17)18/h1-2H,(H,17,18)(H,19,20)(H,11,13,16). The molecule has 0 fully saturated rings. The van der Waals surface area contributed by atoms with Gasteiger partial charge in [0, 0.05) is 11.4 Å². The van der Waals surface area contributed by atoms with E-state index in [-0.39, 0.29) is 22.6 Å². The Labute approximate surface area is 123 Å². The average Bonchev–Trinajstić information content (AvgIpc) is 3.15. The molecule has 0 aliphatic carbocycles. The Morgan fingerprint density at radius 3 is 2.68 bits per heavy atom. The van der Waals surface area contributed by atoms with E-state index in [9.17, 15) is 14.4 Å². The first-order valence-electron chi connectivity index (χ1n) is 5.55. The summed E-state index contributed by atoms with van der Waals surface area (Å²) in [4.78, 5) is 33.9. The molecule has 3 aromatic rings.